The minimum absolute atomic E-state index is 0.0480. The van der Waals surface area contributed by atoms with E-state index in [2.05, 4.69) is 6.92 Å². The summed E-state index contributed by atoms with van der Waals surface area (Å²) in [6, 6.07) is 0. The second-order valence-electron chi connectivity index (χ2n) is 8.96. The predicted molar refractivity (Wildman–Crippen MR) is 93.1 cm³/mol. The topological polar surface area (TPSA) is 96.2 Å². The normalized spacial score (nSPS) is 50.3. The van der Waals surface area contributed by atoms with Crippen molar-refractivity contribution < 1.29 is 29.6 Å². The highest BCUT2D eigenvalue weighted by Gasteiger charge is 2.64. The molecule has 0 amide bonds. The molecule has 0 aromatic carbocycles. The number of esters is 1. The number of fused-ring (bicyclic) bond motifs is 5. The molecule has 0 aromatic heterocycles. The van der Waals surface area contributed by atoms with Gasteiger partial charge in [-0.2, -0.15) is 0 Å². The number of carbonyl (C=O) groups is 1. The average molecular weight is 366 g/mol. The van der Waals surface area contributed by atoms with Gasteiger partial charge >= 0.3 is 5.97 Å². The van der Waals surface area contributed by atoms with E-state index < -0.39 is 17.6 Å². The smallest absolute Gasteiger partial charge is 0.303 e. The van der Waals surface area contributed by atoms with Gasteiger partial charge in [0.2, 0.25) is 0 Å². The average Bonchev–Trinajstić information content (AvgIpc) is 2.95. The van der Waals surface area contributed by atoms with Crippen molar-refractivity contribution in [3.63, 3.8) is 0 Å². The number of aliphatic hydroxyl groups excluding tert-OH is 3. The molecule has 1 saturated heterocycles. The molecule has 3 N–H and O–H groups in total. The number of hydrogen-bond acceptors (Lipinski definition) is 6. The molecule has 0 radical (unpaired) electrons. The van der Waals surface area contributed by atoms with Crippen molar-refractivity contribution in [3.8, 4) is 0 Å². The van der Waals surface area contributed by atoms with Gasteiger partial charge in [-0.3, -0.25) is 4.79 Å². The first-order valence-corrected chi connectivity index (χ1v) is 9.79. The van der Waals surface area contributed by atoms with Gasteiger partial charge < -0.3 is 24.8 Å². The van der Waals surface area contributed by atoms with Gasteiger partial charge in [-0.1, -0.05) is 18.6 Å². The first-order chi connectivity index (χ1) is 12.3. The Labute approximate surface area is 154 Å². The molecule has 3 aliphatic carbocycles. The van der Waals surface area contributed by atoms with E-state index in [9.17, 15) is 20.1 Å². The number of ether oxygens (including phenoxy) is 2. The van der Waals surface area contributed by atoms with Crippen LogP contribution in [0.5, 0.6) is 0 Å². The molecule has 0 spiro atoms. The van der Waals surface area contributed by atoms with Crippen LogP contribution < -0.4 is 0 Å². The molecule has 1 aliphatic heterocycles. The Morgan fingerprint density at radius 3 is 2.81 bits per heavy atom. The SMILES string of the molecule is CC(=O)O[C@H]1COC2C3C(O)C=C4C[C@@H](O)CC[C@]4(C)C3CC[C@@]21CO. The molecule has 6 nitrogen and oxygen atoms in total. The molecular formula is C20H30O6. The predicted octanol–water partition coefficient (Wildman–Crippen LogP) is 1.17. The Morgan fingerprint density at radius 1 is 1.35 bits per heavy atom. The summed E-state index contributed by atoms with van der Waals surface area (Å²) >= 11 is 0. The zero-order chi connectivity index (χ0) is 18.7. The van der Waals surface area contributed by atoms with Gasteiger partial charge in [-0.25, -0.2) is 0 Å². The van der Waals surface area contributed by atoms with Gasteiger partial charge in [0, 0.05) is 12.8 Å². The Kier molecular flexibility index (Phi) is 4.46. The van der Waals surface area contributed by atoms with Gasteiger partial charge in [0.1, 0.15) is 6.10 Å². The lowest BCUT2D eigenvalue weighted by Gasteiger charge is -2.58. The molecule has 0 aromatic rings. The van der Waals surface area contributed by atoms with Gasteiger partial charge in [0.15, 0.2) is 0 Å². The summed E-state index contributed by atoms with van der Waals surface area (Å²) in [4.78, 5) is 11.5. The maximum atomic E-state index is 11.5. The highest BCUT2D eigenvalue weighted by molar-refractivity contribution is 5.66. The third kappa shape index (κ3) is 2.49. The number of hydrogen-bond donors (Lipinski definition) is 3. The van der Waals surface area contributed by atoms with Crippen molar-refractivity contribution in [2.24, 2.45) is 22.7 Å². The van der Waals surface area contributed by atoms with Crippen LogP contribution in [-0.2, 0) is 14.3 Å². The van der Waals surface area contributed by atoms with E-state index in [1.54, 1.807) is 0 Å². The third-order valence-corrected chi connectivity index (χ3v) is 7.74. The minimum Gasteiger partial charge on any atom is -0.459 e. The van der Waals surface area contributed by atoms with Crippen LogP contribution in [-0.4, -0.2) is 58.9 Å². The van der Waals surface area contributed by atoms with E-state index >= 15 is 0 Å². The minimum atomic E-state index is -0.666. The van der Waals surface area contributed by atoms with Crippen LogP contribution >= 0.6 is 0 Å². The van der Waals surface area contributed by atoms with Crippen LogP contribution in [0.15, 0.2) is 11.6 Å². The maximum Gasteiger partial charge on any atom is 0.303 e. The van der Waals surface area contributed by atoms with E-state index in [0.717, 1.165) is 24.8 Å². The molecule has 8 atom stereocenters. The molecule has 0 bridgehead atoms. The van der Waals surface area contributed by atoms with Crippen molar-refractivity contribution in [2.75, 3.05) is 13.2 Å². The van der Waals surface area contributed by atoms with Crippen LogP contribution in [0.4, 0.5) is 0 Å². The second-order valence-corrected chi connectivity index (χ2v) is 8.96. The van der Waals surface area contributed by atoms with Gasteiger partial charge in [-0.15, -0.1) is 0 Å². The highest BCUT2D eigenvalue weighted by atomic mass is 16.6. The van der Waals surface area contributed by atoms with E-state index in [-0.39, 0.29) is 48.6 Å². The molecule has 146 valence electrons. The Bertz CT molecular complexity index is 617. The molecule has 3 fully saturated rings. The Hall–Kier alpha value is -0.950. The van der Waals surface area contributed by atoms with Gasteiger partial charge in [0.05, 0.1) is 36.9 Å². The fourth-order valence-corrected chi connectivity index (χ4v) is 6.33. The molecule has 4 aliphatic rings. The van der Waals surface area contributed by atoms with Crippen LogP contribution in [0.3, 0.4) is 0 Å². The van der Waals surface area contributed by atoms with Crippen LogP contribution in [0.2, 0.25) is 0 Å². The first kappa shape index (κ1) is 18.4. The lowest BCUT2D eigenvalue weighted by Crippen LogP contribution is -2.60. The van der Waals surface area contributed by atoms with Crippen LogP contribution in [0.1, 0.15) is 46.0 Å². The summed E-state index contributed by atoms with van der Waals surface area (Å²) < 4.78 is 11.6. The van der Waals surface area contributed by atoms with Crippen molar-refractivity contribution in [1.29, 1.82) is 0 Å². The molecule has 1 heterocycles. The lowest BCUT2D eigenvalue weighted by molar-refractivity contribution is -0.165. The standard InChI is InChI=1S/C20H30O6/c1-11(22)26-16-9-25-18-17-14(4-6-20(16,18)10-21)19(2)5-3-13(23)7-12(19)8-15(17)24/h8,13-18,21,23-24H,3-7,9-10H2,1-2H3/t13-,14?,15?,16-,17?,18?,19-,20-/m0/s1. The molecule has 2 saturated carbocycles. The summed E-state index contributed by atoms with van der Waals surface area (Å²) in [5.41, 5.74) is 0.480. The third-order valence-electron chi connectivity index (χ3n) is 7.74. The van der Waals surface area contributed by atoms with E-state index in [1.807, 2.05) is 6.08 Å². The number of rotatable bonds is 2. The molecule has 4 unspecified atom stereocenters. The fourth-order valence-electron chi connectivity index (χ4n) is 6.33. The quantitative estimate of drug-likeness (QED) is 0.502. The van der Waals surface area contributed by atoms with Gasteiger partial charge in [-0.05, 0) is 43.4 Å². The first-order valence-electron chi connectivity index (χ1n) is 9.79. The molecule has 4 rings (SSSR count). The Morgan fingerprint density at radius 2 is 2.12 bits per heavy atom. The fraction of sp³-hybridized carbons (Fsp3) is 0.850. The van der Waals surface area contributed by atoms with Crippen molar-refractivity contribution in [2.45, 2.75) is 70.4 Å². The summed E-state index contributed by atoms with van der Waals surface area (Å²) in [7, 11) is 0. The highest BCUT2D eigenvalue weighted by Crippen LogP contribution is 2.62. The van der Waals surface area contributed by atoms with Crippen molar-refractivity contribution in [3.05, 3.63) is 11.6 Å². The molecular weight excluding hydrogens is 336 g/mol. The lowest BCUT2D eigenvalue weighted by atomic mass is 9.48. The summed E-state index contributed by atoms with van der Waals surface area (Å²) in [5, 5.41) is 31.2. The number of carbonyl (C=O) groups excluding carboxylic acids is 1. The van der Waals surface area contributed by atoms with E-state index in [1.165, 1.54) is 6.92 Å². The summed E-state index contributed by atoms with van der Waals surface area (Å²) in [6.45, 7) is 3.78. The monoisotopic (exact) mass is 366 g/mol. The number of aliphatic hydroxyl groups is 3. The Balaban J connectivity index is 1.69. The van der Waals surface area contributed by atoms with E-state index in [0.29, 0.717) is 12.8 Å². The largest absolute Gasteiger partial charge is 0.459 e. The van der Waals surface area contributed by atoms with Crippen molar-refractivity contribution in [1.82, 2.24) is 0 Å². The zero-order valence-electron chi connectivity index (χ0n) is 15.6. The van der Waals surface area contributed by atoms with Crippen LogP contribution in [0.25, 0.3) is 0 Å². The second kappa shape index (κ2) is 6.30. The van der Waals surface area contributed by atoms with Gasteiger partial charge in [0.25, 0.3) is 0 Å². The summed E-state index contributed by atoms with van der Waals surface area (Å²) in [5.74, 6) is -0.250. The van der Waals surface area contributed by atoms with Crippen LogP contribution in [0, 0.1) is 22.7 Å². The van der Waals surface area contributed by atoms with E-state index in [4.69, 9.17) is 9.47 Å². The zero-order valence-corrected chi connectivity index (χ0v) is 15.6. The van der Waals surface area contributed by atoms with Crippen molar-refractivity contribution >= 4 is 5.97 Å². The summed E-state index contributed by atoms with van der Waals surface area (Å²) in [6.07, 6.45) is 4.01. The maximum absolute atomic E-state index is 11.5. The molecule has 6 heteroatoms. The molecule has 26 heavy (non-hydrogen) atoms.